The lowest BCUT2D eigenvalue weighted by Gasteiger charge is -2.06. The van der Waals surface area contributed by atoms with Crippen LogP contribution in [0, 0.1) is 0 Å². The van der Waals surface area contributed by atoms with E-state index in [1.807, 2.05) is 6.92 Å². The predicted molar refractivity (Wildman–Crippen MR) is 77.4 cm³/mol. The fraction of sp³-hybridized carbons (Fsp3) is 0.500. The van der Waals surface area contributed by atoms with E-state index in [-0.39, 0.29) is 5.56 Å². The summed E-state index contributed by atoms with van der Waals surface area (Å²) in [6, 6.07) is 0. The Balaban J connectivity index is 2.15. The fourth-order valence-corrected chi connectivity index (χ4v) is 2.39. The van der Waals surface area contributed by atoms with E-state index < -0.39 is 5.69 Å². The van der Waals surface area contributed by atoms with Gasteiger partial charge in [0, 0.05) is 20.6 Å². The van der Waals surface area contributed by atoms with Gasteiger partial charge >= 0.3 is 5.69 Å². The molecule has 0 atom stereocenters. The number of rotatable bonds is 4. The smallest absolute Gasteiger partial charge is 0.317 e. The third-order valence-electron chi connectivity index (χ3n) is 3.57. The van der Waals surface area contributed by atoms with Gasteiger partial charge in [-0.2, -0.15) is 0 Å². The van der Waals surface area contributed by atoms with Crippen molar-refractivity contribution in [3.8, 4) is 0 Å². The van der Waals surface area contributed by atoms with Gasteiger partial charge in [-0.15, -0.1) is 5.10 Å². The van der Waals surface area contributed by atoms with Gasteiger partial charge in [-0.25, -0.2) is 14.5 Å². The summed E-state index contributed by atoms with van der Waals surface area (Å²) in [6.07, 6.45) is 2.43. The molecule has 0 aromatic carbocycles. The van der Waals surface area contributed by atoms with Gasteiger partial charge in [0.25, 0.3) is 5.56 Å². The number of tetrazole rings is 1. The van der Waals surface area contributed by atoms with Gasteiger partial charge in [0.2, 0.25) is 0 Å². The van der Waals surface area contributed by atoms with Crippen molar-refractivity contribution in [2.45, 2.75) is 26.4 Å². The van der Waals surface area contributed by atoms with E-state index in [2.05, 4.69) is 20.5 Å². The summed E-state index contributed by atoms with van der Waals surface area (Å²) < 4.78 is 5.77. The first-order chi connectivity index (χ1) is 10.5. The van der Waals surface area contributed by atoms with E-state index in [1.165, 1.54) is 17.9 Å². The summed E-state index contributed by atoms with van der Waals surface area (Å²) in [4.78, 5) is 28.4. The molecule has 0 N–H and O–H groups in total. The number of nitrogens with zero attached hydrogens (tertiary/aromatic N) is 8. The van der Waals surface area contributed by atoms with Gasteiger partial charge in [0.05, 0.1) is 12.9 Å². The zero-order valence-corrected chi connectivity index (χ0v) is 12.6. The molecule has 0 unspecified atom stereocenters. The van der Waals surface area contributed by atoms with Crippen molar-refractivity contribution in [3.63, 3.8) is 0 Å². The molecule has 10 heteroatoms. The Bertz CT molecular complexity index is 944. The molecule has 3 heterocycles. The van der Waals surface area contributed by atoms with Crippen LogP contribution in [0.3, 0.4) is 0 Å². The molecule has 0 fully saturated rings. The SMILES string of the molecule is CCCn1nnnc1Cn1cnc2c1c(=O)n(C)c(=O)n2C. The largest absolute Gasteiger partial charge is 0.332 e. The van der Waals surface area contributed by atoms with E-state index in [0.29, 0.717) is 30.1 Å². The predicted octanol–water partition coefficient (Wildman–Crippen LogP) is -1.12. The van der Waals surface area contributed by atoms with Crippen LogP contribution in [-0.2, 0) is 27.2 Å². The lowest BCUT2D eigenvalue weighted by Crippen LogP contribution is -2.37. The maximum Gasteiger partial charge on any atom is 0.332 e. The molecule has 0 spiro atoms. The molecule has 3 aromatic rings. The molecule has 0 saturated carbocycles. The van der Waals surface area contributed by atoms with Crippen LogP contribution < -0.4 is 11.2 Å². The molecule has 116 valence electrons. The average Bonchev–Trinajstić information content (AvgIpc) is 3.11. The number of aromatic nitrogens is 8. The molecule has 0 aliphatic carbocycles. The van der Waals surface area contributed by atoms with Crippen LogP contribution in [0.4, 0.5) is 0 Å². The van der Waals surface area contributed by atoms with Crippen molar-refractivity contribution in [1.29, 1.82) is 0 Å². The van der Waals surface area contributed by atoms with Crippen molar-refractivity contribution in [3.05, 3.63) is 33.0 Å². The third kappa shape index (κ3) is 2.03. The number of hydrogen-bond acceptors (Lipinski definition) is 6. The summed E-state index contributed by atoms with van der Waals surface area (Å²) in [6.45, 7) is 3.05. The van der Waals surface area contributed by atoms with Crippen LogP contribution in [0.25, 0.3) is 11.2 Å². The normalized spacial score (nSPS) is 11.4. The fourth-order valence-electron chi connectivity index (χ4n) is 2.39. The van der Waals surface area contributed by atoms with E-state index in [9.17, 15) is 9.59 Å². The monoisotopic (exact) mass is 304 g/mol. The van der Waals surface area contributed by atoms with E-state index in [4.69, 9.17) is 0 Å². The molecule has 0 aliphatic heterocycles. The lowest BCUT2D eigenvalue weighted by atomic mass is 10.4. The molecule has 3 aromatic heterocycles. The van der Waals surface area contributed by atoms with E-state index >= 15 is 0 Å². The van der Waals surface area contributed by atoms with E-state index in [1.54, 1.807) is 16.3 Å². The zero-order chi connectivity index (χ0) is 15.9. The molecule has 0 saturated heterocycles. The van der Waals surface area contributed by atoms with Gasteiger partial charge in [0.1, 0.15) is 0 Å². The first-order valence-corrected chi connectivity index (χ1v) is 6.90. The minimum absolute atomic E-state index is 0.316. The topological polar surface area (TPSA) is 105 Å². The molecule has 22 heavy (non-hydrogen) atoms. The number of fused-ring (bicyclic) bond motifs is 1. The Labute approximate surface area is 124 Å². The Kier molecular flexibility index (Phi) is 3.35. The van der Waals surface area contributed by atoms with Crippen molar-refractivity contribution < 1.29 is 0 Å². The molecule has 0 aliphatic rings. The average molecular weight is 304 g/mol. The van der Waals surface area contributed by atoms with Gasteiger partial charge in [-0.1, -0.05) is 6.92 Å². The molecule has 3 rings (SSSR count). The molecular weight excluding hydrogens is 288 g/mol. The highest BCUT2D eigenvalue weighted by Gasteiger charge is 2.16. The minimum Gasteiger partial charge on any atom is -0.317 e. The Morgan fingerprint density at radius 1 is 1.18 bits per heavy atom. The zero-order valence-electron chi connectivity index (χ0n) is 12.6. The first kappa shape index (κ1) is 14.2. The van der Waals surface area contributed by atoms with E-state index in [0.717, 1.165) is 11.0 Å². The highest BCUT2D eigenvalue weighted by Crippen LogP contribution is 2.08. The van der Waals surface area contributed by atoms with Crippen molar-refractivity contribution in [2.24, 2.45) is 14.1 Å². The third-order valence-corrected chi connectivity index (χ3v) is 3.57. The second-order valence-corrected chi connectivity index (χ2v) is 5.07. The van der Waals surface area contributed by atoms with Crippen LogP contribution in [0.15, 0.2) is 15.9 Å². The van der Waals surface area contributed by atoms with Gasteiger partial charge in [-0.3, -0.25) is 13.9 Å². The summed E-state index contributed by atoms with van der Waals surface area (Å²) in [5.41, 5.74) is -0.0815. The maximum atomic E-state index is 12.4. The quantitative estimate of drug-likeness (QED) is 0.604. The second-order valence-electron chi connectivity index (χ2n) is 5.07. The van der Waals surface area contributed by atoms with Gasteiger partial charge < -0.3 is 4.57 Å². The van der Waals surface area contributed by atoms with Crippen molar-refractivity contribution in [1.82, 2.24) is 38.9 Å². The van der Waals surface area contributed by atoms with Crippen LogP contribution in [0.2, 0.25) is 0 Å². The van der Waals surface area contributed by atoms with Crippen LogP contribution in [0.1, 0.15) is 19.2 Å². The van der Waals surface area contributed by atoms with Crippen LogP contribution >= 0.6 is 0 Å². The highest BCUT2D eigenvalue weighted by atomic mass is 16.2. The van der Waals surface area contributed by atoms with Crippen molar-refractivity contribution >= 4 is 11.2 Å². The minimum atomic E-state index is -0.404. The van der Waals surface area contributed by atoms with Gasteiger partial charge in [-0.05, 0) is 16.8 Å². The Morgan fingerprint density at radius 2 is 1.95 bits per heavy atom. The lowest BCUT2D eigenvalue weighted by molar-refractivity contribution is 0.545. The summed E-state index contributed by atoms with van der Waals surface area (Å²) in [7, 11) is 3.03. The summed E-state index contributed by atoms with van der Waals surface area (Å²) in [5, 5.41) is 11.6. The number of aryl methyl sites for hydroxylation is 2. The molecular formula is C12H16N8O2. The molecule has 0 bridgehead atoms. The first-order valence-electron chi connectivity index (χ1n) is 6.90. The molecule has 10 nitrogen and oxygen atoms in total. The standard InChI is InChI=1S/C12H16N8O2/c1-4-5-20-8(14-15-16-20)6-19-7-13-10-9(19)11(21)18(3)12(22)17(10)2/h7H,4-6H2,1-3H3. The van der Waals surface area contributed by atoms with Crippen LogP contribution in [0.5, 0.6) is 0 Å². The Hall–Kier alpha value is -2.78. The highest BCUT2D eigenvalue weighted by molar-refractivity contribution is 5.70. The molecule has 0 amide bonds. The molecule has 0 radical (unpaired) electrons. The van der Waals surface area contributed by atoms with Crippen LogP contribution in [-0.4, -0.2) is 38.9 Å². The number of imidazole rings is 1. The second kappa shape index (κ2) is 5.20. The van der Waals surface area contributed by atoms with Gasteiger partial charge in [0.15, 0.2) is 17.0 Å². The number of hydrogen-bond donors (Lipinski definition) is 0. The summed E-state index contributed by atoms with van der Waals surface area (Å²) in [5.74, 6) is 0.636. The summed E-state index contributed by atoms with van der Waals surface area (Å²) >= 11 is 0. The van der Waals surface area contributed by atoms with Crippen molar-refractivity contribution in [2.75, 3.05) is 0 Å². The Morgan fingerprint density at radius 3 is 2.68 bits per heavy atom. The maximum absolute atomic E-state index is 12.4.